The fourth-order valence-electron chi connectivity index (χ4n) is 0.340. The summed E-state index contributed by atoms with van der Waals surface area (Å²) in [6, 6.07) is 0. The van der Waals surface area contributed by atoms with Gasteiger partial charge in [0, 0.05) is 0 Å². The molecule has 0 aromatic carbocycles. The fourth-order valence-corrected chi connectivity index (χ4v) is 0.340. The summed E-state index contributed by atoms with van der Waals surface area (Å²) in [6.07, 6.45) is 10.0. The van der Waals surface area contributed by atoms with Crippen LogP contribution in [0.2, 0.25) is 0 Å². The van der Waals surface area contributed by atoms with Crippen LogP contribution in [0.1, 0.15) is 6.42 Å². The Morgan fingerprint density at radius 1 is 1.18 bits per heavy atom. The predicted octanol–water partition coefficient (Wildman–Crippen LogP) is -2.06. The molecule has 2 nitrogen and oxygen atoms in total. The Hall–Kier alpha value is -0.371. The SMILES string of the molecule is C=O.C=O.[C-]1=CC=CC1.[Cl-].[Fe+2]. The minimum atomic E-state index is 0. The van der Waals surface area contributed by atoms with E-state index in [-0.39, 0.29) is 29.5 Å². The summed E-state index contributed by atoms with van der Waals surface area (Å²) in [7, 11) is 0. The first-order valence-electron chi connectivity index (χ1n) is 2.29. The van der Waals surface area contributed by atoms with Crippen LogP contribution in [-0.4, -0.2) is 13.6 Å². The zero-order valence-corrected chi connectivity index (χ0v) is 7.76. The molecule has 0 atom stereocenters. The average Bonchev–Trinajstić information content (AvgIpc) is 2.51. The molecule has 0 unspecified atom stereocenters. The maximum Gasteiger partial charge on any atom is 2.00 e. The van der Waals surface area contributed by atoms with Gasteiger partial charge in [-0.15, -0.1) is 6.42 Å². The third-order valence-electron chi connectivity index (χ3n) is 0.586. The van der Waals surface area contributed by atoms with Crippen molar-refractivity contribution in [2.75, 3.05) is 0 Å². The van der Waals surface area contributed by atoms with Crippen molar-refractivity contribution < 1.29 is 39.1 Å². The first-order chi connectivity index (χ1) is 4.50. The average molecular weight is 216 g/mol. The second kappa shape index (κ2) is 33.5. The third kappa shape index (κ3) is 26.2. The molecule has 0 N–H and O–H groups in total. The second-order valence-electron chi connectivity index (χ2n) is 1.00. The summed E-state index contributed by atoms with van der Waals surface area (Å²) in [6.45, 7) is 4.00. The third-order valence-corrected chi connectivity index (χ3v) is 0.586. The van der Waals surface area contributed by atoms with Gasteiger partial charge < -0.3 is 22.0 Å². The first kappa shape index (κ1) is 22.4. The Labute approximate surface area is 83.6 Å². The van der Waals surface area contributed by atoms with E-state index in [2.05, 4.69) is 12.2 Å². The second-order valence-corrected chi connectivity index (χ2v) is 1.00. The summed E-state index contributed by atoms with van der Waals surface area (Å²) in [5.41, 5.74) is 0. The number of carbonyl (C=O) groups excluding carboxylic acids is 2. The maximum atomic E-state index is 8.00. The first-order valence-corrected chi connectivity index (χ1v) is 2.29. The molecule has 1 rings (SSSR count). The Balaban J connectivity index is -0.0000000369. The maximum absolute atomic E-state index is 8.00. The Morgan fingerprint density at radius 3 is 1.73 bits per heavy atom. The molecule has 0 heterocycles. The van der Waals surface area contributed by atoms with E-state index < -0.39 is 0 Å². The topological polar surface area (TPSA) is 34.1 Å². The predicted molar refractivity (Wildman–Crippen MR) is 35.8 cm³/mol. The van der Waals surface area contributed by atoms with E-state index >= 15 is 0 Å². The van der Waals surface area contributed by atoms with Gasteiger partial charge in [0.2, 0.25) is 0 Å². The van der Waals surface area contributed by atoms with Crippen molar-refractivity contribution in [2.45, 2.75) is 6.42 Å². The van der Waals surface area contributed by atoms with Gasteiger partial charge in [-0.25, -0.2) is 12.2 Å². The molecule has 0 radical (unpaired) electrons. The number of hydrogen-bond donors (Lipinski definition) is 0. The molecular weight excluding hydrogens is 207 g/mol. The molecule has 11 heavy (non-hydrogen) atoms. The van der Waals surface area contributed by atoms with Crippen LogP contribution in [0.25, 0.3) is 0 Å². The van der Waals surface area contributed by atoms with E-state index in [1.807, 2.05) is 25.7 Å². The molecule has 1 aliphatic carbocycles. The van der Waals surface area contributed by atoms with Gasteiger partial charge in [0.25, 0.3) is 0 Å². The van der Waals surface area contributed by atoms with Gasteiger partial charge in [-0.3, -0.25) is 6.08 Å². The van der Waals surface area contributed by atoms with Crippen molar-refractivity contribution in [3.05, 3.63) is 24.3 Å². The molecule has 0 spiro atoms. The van der Waals surface area contributed by atoms with E-state index in [1.165, 1.54) is 0 Å². The van der Waals surface area contributed by atoms with Crippen molar-refractivity contribution >= 4 is 13.6 Å². The molecule has 0 aromatic rings. The number of allylic oxidation sites excluding steroid dienone is 4. The summed E-state index contributed by atoms with van der Waals surface area (Å²) in [4.78, 5) is 16.0. The van der Waals surface area contributed by atoms with Crippen LogP contribution in [0.5, 0.6) is 0 Å². The van der Waals surface area contributed by atoms with Gasteiger partial charge >= 0.3 is 17.1 Å². The molecule has 4 heteroatoms. The molecule has 0 aromatic heterocycles. The van der Waals surface area contributed by atoms with Gasteiger partial charge in [0.1, 0.15) is 13.6 Å². The summed E-state index contributed by atoms with van der Waals surface area (Å²) in [5.74, 6) is 0. The van der Waals surface area contributed by atoms with Crippen LogP contribution in [0.4, 0.5) is 0 Å². The van der Waals surface area contributed by atoms with Gasteiger partial charge in [-0.05, 0) is 0 Å². The molecule has 64 valence electrons. The summed E-state index contributed by atoms with van der Waals surface area (Å²) >= 11 is 0. The van der Waals surface area contributed by atoms with Crippen LogP contribution in [-0.2, 0) is 26.7 Å². The monoisotopic (exact) mass is 216 g/mol. The Kier molecular flexibility index (Phi) is 68.2. The summed E-state index contributed by atoms with van der Waals surface area (Å²) in [5, 5.41) is 0. The smallest absolute Gasteiger partial charge is 1.00 e. The number of rotatable bonds is 0. The molecule has 1 aliphatic rings. The molecular formula is C7H9ClFeO2. The fraction of sp³-hybridized carbons (Fsp3) is 0.143. The van der Waals surface area contributed by atoms with Crippen LogP contribution in [0.15, 0.2) is 18.2 Å². The van der Waals surface area contributed by atoms with Gasteiger partial charge in [-0.1, -0.05) is 0 Å². The number of hydrogen-bond acceptors (Lipinski definition) is 2. The minimum absolute atomic E-state index is 0. The number of carbonyl (C=O) groups is 2. The molecule has 0 fully saturated rings. The Bertz CT molecular complexity index is 92.6. The zero-order chi connectivity index (χ0) is 7.54. The van der Waals surface area contributed by atoms with Crippen molar-refractivity contribution in [3.8, 4) is 0 Å². The normalized spacial score (nSPS) is 8.73. The molecule has 0 aliphatic heterocycles. The quantitative estimate of drug-likeness (QED) is 0.345. The van der Waals surface area contributed by atoms with Crippen LogP contribution < -0.4 is 12.4 Å². The van der Waals surface area contributed by atoms with Crippen molar-refractivity contribution in [3.63, 3.8) is 0 Å². The zero-order valence-electron chi connectivity index (χ0n) is 5.90. The van der Waals surface area contributed by atoms with E-state index in [9.17, 15) is 0 Å². The summed E-state index contributed by atoms with van der Waals surface area (Å²) < 4.78 is 0. The van der Waals surface area contributed by atoms with E-state index in [0.717, 1.165) is 6.42 Å². The van der Waals surface area contributed by atoms with Crippen molar-refractivity contribution in [2.24, 2.45) is 0 Å². The van der Waals surface area contributed by atoms with Crippen LogP contribution in [0, 0.1) is 6.08 Å². The molecule has 0 saturated carbocycles. The molecule has 0 saturated heterocycles. The van der Waals surface area contributed by atoms with Gasteiger partial charge in [0.15, 0.2) is 0 Å². The van der Waals surface area contributed by atoms with E-state index in [1.54, 1.807) is 0 Å². The van der Waals surface area contributed by atoms with E-state index in [4.69, 9.17) is 9.59 Å². The largest absolute Gasteiger partial charge is 2.00 e. The standard InChI is InChI=1S/C5H5.2CH2O.ClH.Fe/c1-2-4-5-3-1;2*1-2;;/h1-3H,4H2;2*1H2;1H;/q-1;;;;+2/p-1. The molecule has 0 amide bonds. The van der Waals surface area contributed by atoms with Crippen LogP contribution in [0.3, 0.4) is 0 Å². The number of halogens is 1. The Morgan fingerprint density at radius 2 is 1.64 bits per heavy atom. The van der Waals surface area contributed by atoms with Crippen molar-refractivity contribution in [1.82, 2.24) is 0 Å². The van der Waals surface area contributed by atoms with Gasteiger partial charge in [0.05, 0.1) is 0 Å². The minimum Gasteiger partial charge on any atom is -1.00 e. The van der Waals surface area contributed by atoms with Gasteiger partial charge in [-0.2, -0.15) is 6.08 Å². The van der Waals surface area contributed by atoms with Crippen molar-refractivity contribution in [1.29, 1.82) is 0 Å². The van der Waals surface area contributed by atoms with Crippen LogP contribution >= 0.6 is 0 Å². The molecule has 0 bridgehead atoms. The van der Waals surface area contributed by atoms with E-state index in [0.29, 0.717) is 0 Å².